The molecule has 1 unspecified atom stereocenters. The van der Waals surface area contributed by atoms with Gasteiger partial charge in [-0.2, -0.15) is 18.2 Å². The van der Waals surface area contributed by atoms with Crippen molar-refractivity contribution < 1.29 is 27.5 Å². The zero-order chi connectivity index (χ0) is 22.9. The van der Waals surface area contributed by atoms with Gasteiger partial charge in [-0.15, -0.1) is 0 Å². The van der Waals surface area contributed by atoms with Crippen molar-refractivity contribution in [2.45, 2.75) is 45.0 Å². The van der Waals surface area contributed by atoms with Gasteiger partial charge in [0.05, 0.1) is 18.3 Å². The van der Waals surface area contributed by atoms with Crippen molar-refractivity contribution in [3.05, 3.63) is 53.1 Å². The van der Waals surface area contributed by atoms with E-state index >= 15 is 0 Å². The number of alkyl halides is 3. The number of halogens is 3. The third-order valence-corrected chi connectivity index (χ3v) is 5.33. The van der Waals surface area contributed by atoms with Crippen LogP contribution in [-0.2, 0) is 12.6 Å². The van der Waals surface area contributed by atoms with Crippen LogP contribution in [0.2, 0.25) is 0 Å². The topological polar surface area (TPSA) is 80.4 Å². The van der Waals surface area contributed by atoms with Crippen LogP contribution in [-0.4, -0.2) is 34.5 Å². The Morgan fingerprint density at radius 3 is 2.78 bits per heavy atom. The van der Waals surface area contributed by atoms with Crippen LogP contribution in [0.4, 0.5) is 13.2 Å². The molecule has 0 radical (unpaired) electrons. The Labute approximate surface area is 183 Å². The second-order valence-corrected chi connectivity index (χ2v) is 7.94. The summed E-state index contributed by atoms with van der Waals surface area (Å²) in [7, 11) is 0. The average molecular weight is 447 g/mol. The fraction of sp³-hybridized carbons (Fsp3) is 0.391. The summed E-state index contributed by atoms with van der Waals surface area (Å²) in [5, 5.41) is 16.4. The van der Waals surface area contributed by atoms with Crippen LogP contribution in [0.15, 0.2) is 40.9 Å². The summed E-state index contributed by atoms with van der Waals surface area (Å²) in [6, 6.07) is 9.65. The summed E-state index contributed by atoms with van der Waals surface area (Å²) in [4.78, 5) is 4.38. The molecule has 32 heavy (non-hydrogen) atoms. The second-order valence-electron chi connectivity index (χ2n) is 7.94. The molecule has 1 aromatic heterocycles. The van der Waals surface area contributed by atoms with Gasteiger partial charge < -0.3 is 19.7 Å². The molecular formula is C23H24F3N3O3. The first kappa shape index (κ1) is 22.3. The maximum Gasteiger partial charge on any atom is 0.419 e. The van der Waals surface area contributed by atoms with E-state index in [9.17, 15) is 13.2 Å². The third-order valence-electron chi connectivity index (χ3n) is 5.33. The lowest BCUT2D eigenvalue weighted by molar-refractivity contribution is -0.139. The van der Waals surface area contributed by atoms with Gasteiger partial charge in [-0.05, 0) is 56.0 Å². The number of aromatic nitrogens is 2. The van der Waals surface area contributed by atoms with Crippen LogP contribution >= 0.6 is 0 Å². The molecule has 0 fully saturated rings. The number of hydrogen-bond acceptors (Lipinski definition) is 6. The summed E-state index contributed by atoms with van der Waals surface area (Å²) in [5.74, 6) is 0.0983. The van der Waals surface area contributed by atoms with Gasteiger partial charge in [-0.25, -0.2) is 0 Å². The van der Waals surface area contributed by atoms with Crippen molar-refractivity contribution in [3.63, 3.8) is 0 Å². The van der Waals surface area contributed by atoms with E-state index in [1.165, 1.54) is 12.1 Å². The summed E-state index contributed by atoms with van der Waals surface area (Å²) in [6.45, 7) is 3.89. The molecule has 1 aliphatic rings. The largest absolute Gasteiger partial charge is 0.490 e. The van der Waals surface area contributed by atoms with Gasteiger partial charge in [0.2, 0.25) is 5.82 Å². The van der Waals surface area contributed by atoms with E-state index in [-0.39, 0.29) is 29.9 Å². The zero-order valence-corrected chi connectivity index (χ0v) is 17.7. The summed E-state index contributed by atoms with van der Waals surface area (Å²) < 4.78 is 51.4. The van der Waals surface area contributed by atoms with Crippen LogP contribution in [0.1, 0.15) is 43.0 Å². The van der Waals surface area contributed by atoms with Crippen LogP contribution in [0, 0.1) is 0 Å². The summed E-state index contributed by atoms with van der Waals surface area (Å²) in [6.07, 6.45) is -3.30. The van der Waals surface area contributed by atoms with E-state index in [0.717, 1.165) is 35.6 Å². The van der Waals surface area contributed by atoms with Gasteiger partial charge in [-0.1, -0.05) is 23.4 Å². The number of benzene rings is 2. The van der Waals surface area contributed by atoms with Crippen molar-refractivity contribution >= 4 is 0 Å². The van der Waals surface area contributed by atoms with Crippen molar-refractivity contribution in [1.82, 2.24) is 15.5 Å². The monoisotopic (exact) mass is 447 g/mol. The minimum absolute atomic E-state index is 0.00662. The number of rotatable bonds is 7. The maximum absolute atomic E-state index is 13.6. The van der Waals surface area contributed by atoms with Gasteiger partial charge in [0, 0.05) is 23.7 Å². The molecule has 1 atom stereocenters. The zero-order valence-electron chi connectivity index (χ0n) is 17.7. The number of nitrogens with zero attached hydrogens (tertiary/aromatic N) is 2. The highest BCUT2D eigenvalue weighted by Crippen LogP contribution is 2.40. The predicted octanol–water partition coefficient (Wildman–Crippen LogP) is 4.78. The quantitative estimate of drug-likeness (QED) is 0.543. The summed E-state index contributed by atoms with van der Waals surface area (Å²) in [5.41, 5.74) is 2.26. The van der Waals surface area contributed by atoms with Gasteiger partial charge in [-0.3, -0.25) is 0 Å². The highest BCUT2D eigenvalue weighted by Gasteiger charge is 2.35. The molecule has 170 valence electrons. The lowest BCUT2D eigenvalue weighted by Crippen LogP contribution is -2.22. The standard InChI is InChI=1S/C23H24F3N3O3/c1-13(2)31-20-9-6-14(12-18(20)23(24,25)26)22-28-21(29-32-22)17-5-3-4-16-15(17)7-8-19(16)27-10-11-30/h3-6,9,12-13,19,27,30H,7-8,10-11H2,1-2H3. The molecule has 0 amide bonds. The number of ether oxygens (including phenoxy) is 1. The minimum atomic E-state index is -4.58. The molecule has 0 saturated carbocycles. The first-order chi connectivity index (χ1) is 15.3. The molecule has 0 aliphatic heterocycles. The van der Waals surface area contributed by atoms with Crippen LogP contribution < -0.4 is 10.1 Å². The molecule has 1 heterocycles. The molecular weight excluding hydrogens is 423 g/mol. The number of fused-ring (bicyclic) bond motifs is 1. The molecule has 4 rings (SSSR count). The highest BCUT2D eigenvalue weighted by molar-refractivity contribution is 5.66. The third kappa shape index (κ3) is 4.49. The van der Waals surface area contributed by atoms with E-state index in [4.69, 9.17) is 14.4 Å². The normalized spacial score (nSPS) is 15.9. The Bertz CT molecular complexity index is 1100. The van der Waals surface area contributed by atoms with E-state index in [2.05, 4.69) is 15.5 Å². The first-order valence-electron chi connectivity index (χ1n) is 10.5. The predicted molar refractivity (Wildman–Crippen MR) is 112 cm³/mol. The molecule has 0 spiro atoms. The number of aliphatic hydroxyl groups excluding tert-OH is 1. The van der Waals surface area contributed by atoms with Gasteiger partial charge in [0.25, 0.3) is 5.89 Å². The van der Waals surface area contributed by atoms with Gasteiger partial charge in [0.15, 0.2) is 0 Å². The summed E-state index contributed by atoms with van der Waals surface area (Å²) >= 11 is 0. The second kappa shape index (κ2) is 8.91. The molecule has 6 nitrogen and oxygen atoms in total. The molecule has 9 heteroatoms. The maximum atomic E-state index is 13.6. The smallest absolute Gasteiger partial charge is 0.419 e. The molecule has 1 aliphatic carbocycles. The van der Waals surface area contributed by atoms with Gasteiger partial charge >= 0.3 is 6.18 Å². The van der Waals surface area contributed by atoms with E-state index in [0.29, 0.717) is 12.4 Å². The lowest BCUT2D eigenvalue weighted by Gasteiger charge is -2.16. The molecule has 2 N–H and O–H groups in total. The number of hydrogen-bond donors (Lipinski definition) is 2. The van der Waals surface area contributed by atoms with Crippen LogP contribution in [0.3, 0.4) is 0 Å². The van der Waals surface area contributed by atoms with Crippen molar-refractivity contribution in [1.29, 1.82) is 0 Å². The highest BCUT2D eigenvalue weighted by atomic mass is 19.4. The number of aliphatic hydroxyl groups is 1. The van der Waals surface area contributed by atoms with E-state index in [1.807, 2.05) is 18.2 Å². The molecule has 0 bridgehead atoms. The van der Waals surface area contributed by atoms with E-state index < -0.39 is 17.8 Å². The fourth-order valence-corrected chi connectivity index (χ4v) is 4.01. The number of nitrogens with one attached hydrogen (secondary N) is 1. The Morgan fingerprint density at radius 1 is 1.25 bits per heavy atom. The Hall–Kier alpha value is -2.91. The van der Waals surface area contributed by atoms with Crippen molar-refractivity contribution in [3.8, 4) is 28.6 Å². The minimum Gasteiger partial charge on any atom is -0.490 e. The Kier molecular flexibility index (Phi) is 6.21. The first-order valence-corrected chi connectivity index (χ1v) is 10.5. The van der Waals surface area contributed by atoms with Crippen LogP contribution in [0.25, 0.3) is 22.8 Å². The molecule has 2 aromatic carbocycles. The van der Waals surface area contributed by atoms with E-state index in [1.54, 1.807) is 13.8 Å². The SMILES string of the molecule is CC(C)Oc1ccc(-c2nc(-c3cccc4c3CCC4NCCO)no2)cc1C(F)(F)F. The van der Waals surface area contributed by atoms with Gasteiger partial charge in [0.1, 0.15) is 5.75 Å². The lowest BCUT2D eigenvalue weighted by atomic mass is 10.0. The fourth-order valence-electron chi connectivity index (χ4n) is 4.01. The average Bonchev–Trinajstić information content (AvgIpc) is 3.39. The van der Waals surface area contributed by atoms with Crippen molar-refractivity contribution in [2.24, 2.45) is 0 Å². The van der Waals surface area contributed by atoms with Crippen molar-refractivity contribution in [2.75, 3.05) is 13.2 Å². The Morgan fingerprint density at radius 2 is 2.06 bits per heavy atom. The molecule has 0 saturated heterocycles. The van der Waals surface area contributed by atoms with Crippen LogP contribution in [0.5, 0.6) is 5.75 Å². The molecule has 3 aromatic rings. The Balaban J connectivity index is 1.67.